The van der Waals surface area contributed by atoms with E-state index in [-0.39, 0.29) is 24.2 Å². The highest BCUT2D eigenvalue weighted by Crippen LogP contribution is 2.23. The molecule has 1 saturated heterocycles. The van der Waals surface area contributed by atoms with Crippen LogP contribution < -0.4 is 5.32 Å². The van der Waals surface area contributed by atoms with Crippen molar-refractivity contribution in [1.29, 1.82) is 0 Å². The van der Waals surface area contributed by atoms with Gasteiger partial charge in [-0.2, -0.15) is 0 Å². The van der Waals surface area contributed by atoms with Crippen molar-refractivity contribution < 1.29 is 9.53 Å². The van der Waals surface area contributed by atoms with E-state index in [1.54, 1.807) is 0 Å². The Kier molecular flexibility index (Phi) is 4.85. The number of amides is 1. The molecular weight excluding hydrogens is 353 g/mol. The van der Waals surface area contributed by atoms with E-state index in [2.05, 4.69) is 53.0 Å². The van der Waals surface area contributed by atoms with Crippen LogP contribution in [0.4, 0.5) is 4.79 Å². The summed E-state index contributed by atoms with van der Waals surface area (Å²) in [7, 11) is 0. The Hall–Kier alpha value is -1.04. The van der Waals surface area contributed by atoms with Crippen molar-refractivity contribution in [2.75, 3.05) is 0 Å². The number of benzene rings is 1. The van der Waals surface area contributed by atoms with E-state index in [1.165, 1.54) is 9.14 Å². The second-order valence-electron chi connectivity index (χ2n) is 4.92. The second-order valence-corrected chi connectivity index (χ2v) is 6.62. The molecular formula is C15H18INO2. The summed E-state index contributed by atoms with van der Waals surface area (Å²) in [5, 5.41) is 2.91. The lowest BCUT2D eigenvalue weighted by molar-refractivity contribution is 0.110. The molecule has 1 N–H and O–H groups in total. The lowest BCUT2D eigenvalue weighted by atomic mass is 9.93. The summed E-state index contributed by atoms with van der Waals surface area (Å²) in [5.41, 5.74) is 1.21. The fourth-order valence-electron chi connectivity index (χ4n) is 2.44. The topological polar surface area (TPSA) is 38.3 Å². The van der Waals surface area contributed by atoms with Gasteiger partial charge in [-0.05, 0) is 45.1 Å². The highest BCUT2D eigenvalue weighted by molar-refractivity contribution is 14.1. The molecule has 3 atom stereocenters. The van der Waals surface area contributed by atoms with Gasteiger partial charge in [-0.25, -0.2) is 4.79 Å². The molecule has 0 aliphatic carbocycles. The highest BCUT2D eigenvalue weighted by atomic mass is 127. The summed E-state index contributed by atoms with van der Waals surface area (Å²) in [4.78, 5) is 11.5. The van der Waals surface area contributed by atoms with Crippen LogP contribution in [0.1, 0.15) is 19.4 Å². The number of carbonyl (C=O) groups excluding carboxylic acids is 1. The average Bonchev–Trinajstić information content (AvgIpc) is 2.71. The number of cyclic esters (lactones) is 1. The Bertz CT molecular complexity index is 468. The largest absolute Gasteiger partial charge is 0.443 e. The van der Waals surface area contributed by atoms with Gasteiger partial charge in [0, 0.05) is 5.92 Å². The number of hydrogen-bond acceptors (Lipinski definition) is 2. The molecule has 1 aliphatic heterocycles. The maximum Gasteiger partial charge on any atom is 0.407 e. The average molecular weight is 371 g/mol. The molecule has 0 bridgehead atoms. The number of alkyl carbamates (subject to hydrolysis) is 1. The molecule has 4 heteroatoms. The number of nitrogens with one attached hydrogen (secondary N) is 1. The molecule has 2 rings (SSSR count). The molecule has 1 amide bonds. The summed E-state index contributed by atoms with van der Waals surface area (Å²) in [5.74, 6) is 0.213. The van der Waals surface area contributed by atoms with Crippen molar-refractivity contribution in [3.63, 3.8) is 0 Å². The van der Waals surface area contributed by atoms with E-state index >= 15 is 0 Å². The lowest BCUT2D eigenvalue weighted by Gasteiger charge is -2.21. The third kappa shape index (κ3) is 3.96. The van der Waals surface area contributed by atoms with Crippen LogP contribution in [0.5, 0.6) is 0 Å². The van der Waals surface area contributed by atoms with Crippen LogP contribution in [-0.4, -0.2) is 18.2 Å². The van der Waals surface area contributed by atoms with Gasteiger partial charge in [-0.3, -0.25) is 0 Å². The fraction of sp³-hybridized carbons (Fsp3) is 0.400. The Balaban J connectivity index is 2.09. The van der Waals surface area contributed by atoms with Gasteiger partial charge in [0.15, 0.2) is 0 Å². The van der Waals surface area contributed by atoms with Crippen LogP contribution in [0.2, 0.25) is 0 Å². The standard InChI is InChI=1S/C15H18INO2/c1-10(8-11(2)16)14-13(17-15(18)19-14)9-12-6-4-3-5-7-12/h3-8,10,13-14H,9H2,1-2H3,(H,17,18)/b11-8+/t10?,13-,14+/m0/s1. The van der Waals surface area contributed by atoms with Crippen LogP contribution in [0.15, 0.2) is 40.0 Å². The predicted molar refractivity (Wildman–Crippen MR) is 84.3 cm³/mol. The molecule has 1 unspecified atom stereocenters. The third-order valence-corrected chi connectivity index (χ3v) is 3.61. The molecule has 1 aliphatic rings. The van der Waals surface area contributed by atoms with Gasteiger partial charge >= 0.3 is 6.09 Å². The van der Waals surface area contributed by atoms with Crippen molar-refractivity contribution in [3.8, 4) is 0 Å². The number of halogens is 1. The molecule has 19 heavy (non-hydrogen) atoms. The number of allylic oxidation sites excluding steroid dienone is 1. The van der Waals surface area contributed by atoms with Crippen molar-refractivity contribution >= 4 is 28.7 Å². The van der Waals surface area contributed by atoms with Gasteiger partial charge in [-0.1, -0.05) is 43.3 Å². The zero-order valence-corrected chi connectivity index (χ0v) is 13.3. The van der Waals surface area contributed by atoms with Gasteiger partial charge in [0.2, 0.25) is 0 Å². The molecule has 3 nitrogen and oxygen atoms in total. The highest BCUT2D eigenvalue weighted by Gasteiger charge is 2.36. The zero-order valence-electron chi connectivity index (χ0n) is 11.1. The van der Waals surface area contributed by atoms with E-state index in [4.69, 9.17) is 4.74 Å². The molecule has 1 heterocycles. The number of carbonyl (C=O) groups is 1. The Morgan fingerprint density at radius 2 is 2.16 bits per heavy atom. The van der Waals surface area contributed by atoms with Crippen LogP contribution >= 0.6 is 22.6 Å². The fourth-order valence-corrected chi connectivity index (χ4v) is 3.01. The maximum atomic E-state index is 11.5. The van der Waals surface area contributed by atoms with Gasteiger partial charge in [-0.15, -0.1) is 0 Å². The zero-order chi connectivity index (χ0) is 13.8. The molecule has 102 valence electrons. The monoisotopic (exact) mass is 371 g/mol. The van der Waals surface area contributed by atoms with Crippen LogP contribution in [0.25, 0.3) is 0 Å². The van der Waals surface area contributed by atoms with E-state index < -0.39 is 0 Å². The first-order valence-corrected chi connectivity index (χ1v) is 7.49. The van der Waals surface area contributed by atoms with Gasteiger partial charge in [0.1, 0.15) is 6.10 Å². The summed E-state index contributed by atoms with van der Waals surface area (Å²) >= 11 is 2.28. The number of hydrogen-bond donors (Lipinski definition) is 1. The smallest absolute Gasteiger partial charge is 0.407 e. The van der Waals surface area contributed by atoms with E-state index in [9.17, 15) is 4.79 Å². The van der Waals surface area contributed by atoms with Gasteiger partial charge in [0.05, 0.1) is 6.04 Å². The molecule has 0 spiro atoms. The Labute approximate surface area is 127 Å². The molecule has 1 aromatic rings. The summed E-state index contributed by atoms with van der Waals surface area (Å²) in [6.45, 7) is 4.14. The molecule has 0 radical (unpaired) electrons. The third-order valence-electron chi connectivity index (χ3n) is 3.25. The van der Waals surface area contributed by atoms with Crippen LogP contribution in [0, 0.1) is 5.92 Å². The van der Waals surface area contributed by atoms with E-state index in [1.807, 2.05) is 25.1 Å². The van der Waals surface area contributed by atoms with Crippen LogP contribution in [0.3, 0.4) is 0 Å². The van der Waals surface area contributed by atoms with Crippen molar-refractivity contribution in [2.24, 2.45) is 5.92 Å². The minimum Gasteiger partial charge on any atom is -0.443 e. The molecule has 0 aromatic heterocycles. The van der Waals surface area contributed by atoms with Gasteiger partial charge in [0.25, 0.3) is 0 Å². The van der Waals surface area contributed by atoms with E-state index in [0.717, 1.165) is 6.42 Å². The van der Waals surface area contributed by atoms with Crippen molar-refractivity contribution in [2.45, 2.75) is 32.4 Å². The van der Waals surface area contributed by atoms with Crippen molar-refractivity contribution in [3.05, 3.63) is 45.6 Å². The van der Waals surface area contributed by atoms with Crippen molar-refractivity contribution in [1.82, 2.24) is 5.32 Å². The summed E-state index contributed by atoms with van der Waals surface area (Å²) in [6, 6.07) is 10.2. The molecule has 0 saturated carbocycles. The first kappa shape index (κ1) is 14.4. The van der Waals surface area contributed by atoms with Gasteiger partial charge < -0.3 is 10.1 Å². The first-order valence-electron chi connectivity index (χ1n) is 6.41. The molecule has 1 aromatic carbocycles. The minimum atomic E-state index is -0.308. The van der Waals surface area contributed by atoms with E-state index in [0.29, 0.717) is 0 Å². The second kappa shape index (κ2) is 6.41. The maximum absolute atomic E-state index is 11.5. The first-order chi connectivity index (χ1) is 9.06. The molecule has 1 fully saturated rings. The SMILES string of the molecule is C/C(I)=C\C(C)[C@H]1OC(=O)N[C@H]1Cc1ccccc1. The summed E-state index contributed by atoms with van der Waals surface area (Å²) in [6.07, 6.45) is 2.54. The number of rotatable bonds is 4. The predicted octanol–water partition coefficient (Wildman–Crippen LogP) is 3.68. The lowest BCUT2D eigenvalue weighted by Crippen LogP contribution is -2.36. The quantitative estimate of drug-likeness (QED) is 0.821. The Morgan fingerprint density at radius 1 is 1.47 bits per heavy atom. The van der Waals surface area contributed by atoms with Crippen LogP contribution in [-0.2, 0) is 11.2 Å². The Morgan fingerprint density at radius 3 is 2.79 bits per heavy atom. The minimum absolute atomic E-state index is 0.0388. The summed E-state index contributed by atoms with van der Waals surface area (Å²) < 4.78 is 6.63. The number of ether oxygens (including phenoxy) is 1. The normalized spacial score (nSPS) is 24.8.